The van der Waals surface area contributed by atoms with E-state index in [1.807, 2.05) is 24.3 Å². The number of carbonyl (C=O) groups is 1. The van der Waals surface area contributed by atoms with Gasteiger partial charge in [-0.15, -0.1) is 0 Å². The Hall–Kier alpha value is -1.58. The number of hydrogen-bond acceptors (Lipinski definition) is 4. The van der Waals surface area contributed by atoms with E-state index in [1.165, 1.54) is 0 Å². The van der Waals surface area contributed by atoms with E-state index in [9.17, 15) is 4.79 Å². The van der Waals surface area contributed by atoms with Crippen LogP contribution in [0.15, 0.2) is 65.7 Å². The van der Waals surface area contributed by atoms with Crippen molar-refractivity contribution in [2.24, 2.45) is 0 Å². The van der Waals surface area contributed by atoms with Gasteiger partial charge in [-0.25, -0.2) is 9.78 Å². The first-order chi connectivity index (χ1) is 12.9. The Bertz CT molecular complexity index is 935. The van der Waals surface area contributed by atoms with Crippen molar-refractivity contribution in [1.29, 1.82) is 0 Å². The Balaban J connectivity index is 1.82. The zero-order chi connectivity index (χ0) is 19.4. The van der Waals surface area contributed by atoms with Crippen molar-refractivity contribution in [1.82, 2.24) is 9.55 Å². The topological polar surface area (TPSA) is 53.4 Å². The van der Waals surface area contributed by atoms with Gasteiger partial charge in [0.05, 0.1) is 16.9 Å². The molecule has 1 unspecified atom stereocenters. The smallest absolute Gasteiger partial charge is 0.341 e. The van der Waals surface area contributed by atoms with Gasteiger partial charge < -0.3 is 9.47 Å². The number of rotatable bonds is 6. The lowest BCUT2D eigenvalue weighted by Crippen LogP contribution is -2.40. The van der Waals surface area contributed by atoms with Crippen molar-refractivity contribution in [3.8, 4) is 5.75 Å². The fourth-order valence-corrected chi connectivity index (χ4v) is 3.46. The van der Waals surface area contributed by atoms with Crippen molar-refractivity contribution >= 4 is 56.1 Å². The summed E-state index contributed by atoms with van der Waals surface area (Å²) in [5.74, 6) is 0.134. The molecule has 0 N–H and O–H groups in total. The number of halogens is 3. The fraction of sp³-hybridized carbons (Fsp3) is 0.158. The molecule has 0 aliphatic carbocycles. The summed E-state index contributed by atoms with van der Waals surface area (Å²) in [6, 6.07) is 12.6. The number of benzene rings is 2. The predicted molar refractivity (Wildman–Crippen MR) is 115 cm³/mol. The van der Waals surface area contributed by atoms with Crippen LogP contribution in [-0.2, 0) is 10.5 Å². The second-order valence-electron chi connectivity index (χ2n) is 5.90. The van der Waals surface area contributed by atoms with Gasteiger partial charge in [0.25, 0.3) is 0 Å². The maximum Gasteiger partial charge on any atom is 0.341 e. The Morgan fingerprint density at radius 3 is 2.67 bits per heavy atom. The van der Waals surface area contributed by atoms with Gasteiger partial charge in [0.2, 0.25) is 5.72 Å². The summed E-state index contributed by atoms with van der Waals surface area (Å²) in [4.78, 5) is 16.8. The van der Waals surface area contributed by atoms with Crippen molar-refractivity contribution in [3.63, 3.8) is 0 Å². The highest BCUT2D eigenvalue weighted by molar-refractivity contribution is 14.1. The van der Waals surface area contributed by atoms with Gasteiger partial charge >= 0.3 is 5.97 Å². The van der Waals surface area contributed by atoms with Gasteiger partial charge in [-0.1, -0.05) is 27.5 Å². The number of esters is 1. The number of nitrogens with zero attached hydrogens (tertiary/aromatic N) is 2. The average molecular weight is 562 g/mol. The van der Waals surface area contributed by atoms with E-state index >= 15 is 0 Å². The number of hydrogen-bond donors (Lipinski definition) is 0. The lowest BCUT2D eigenvalue weighted by atomic mass is 10.2. The van der Waals surface area contributed by atoms with Gasteiger partial charge in [0, 0.05) is 20.4 Å². The standard InChI is InChI=1S/C19H15BrClIN2O3/c1-19(24-9-8-23-12-24,11-26-15-5-3-14(22)4-6-15)27-18(25)16-7-2-13(20)10-17(16)21/h2-10,12H,11H2,1H3. The van der Waals surface area contributed by atoms with Crippen LogP contribution in [0.1, 0.15) is 17.3 Å². The minimum Gasteiger partial charge on any atom is -0.487 e. The van der Waals surface area contributed by atoms with Crippen molar-refractivity contribution in [2.45, 2.75) is 12.6 Å². The third-order valence-electron chi connectivity index (χ3n) is 3.83. The van der Waals surface area contributed by atoms with Crippen LogP contribution in [0.3, 0.4) is 0 Å². The minimum absolute atomic E-state index is 0.101. The fourth-order valence-electron chi connectivity index (χ4n) is 2.35. The molecule has 1 aromatic heterocycles. The highest BCUT2D eigenvalue weighted by Gasteiger charge is 2.33. The molecule has 3 aromatic rings. The summed E-state index contributed by atoms with van der Waals surface area (Å²) < 4.78 is 15.2. The van der Waals surface area contributed by atoms with Crippen LogP contribution in [0.25, 0.3) is 0 Å². The first kappa shape index (κ1) is 20.2. The van der Waals surface area contributed by atoms with E-state index in [-0.39, 0.29) is 12.2 Å². The van der Waals surface area contributed by atoms with E-state index in [0.29, 0.717) is 10.8 Å². The number of aromatic nitrogens is 2. The zero-order valence-corrected chi connectivity index (χ0v) is 18.7. The van der Waals surface area contributed by atoms with Crippen LogP contribution in [0.5, 0.6) is 5.75 Å². The maximum atomic E-state index is 12.7. The predicted octanol–water partition coefficient (Wildman–Crippen LogP) is 5.51. The molecule has 0 saturated carbocycles. The number of carbonyl (C=O) groups excluding carboxylic acids is 1. The second-order valence-corrected chi connectivity index (χ2v) is 8.47. The molecule has 0 saturated heterocycles. The van der Waals surface area contributed by atoms with Gasteiger partial charge in [-0.2, -0.15) is 0 Å². The summed E-state index contributed by atoms with van der Waals surface area (Å²) in [6.45, 7) is 1.86. The summed E-state index contributed by atoms with van der Waals surface area (Å²) in [5, 5.41) is 0.306. The summed E-state index contributed by atoms with van der Waals surface area (Å²) in [5.41, 5.74) is -0.826. The minimum atomic E-state index is -1.10. The third-order valence-corrected chi connectivity index (χ3v) is 5.36. The molecule has 1 heterocycles. The van der Waals surface area contributed by atoms with Gasteiger partial charge in [-0.3, -0.25) is 4.57 Å². The Kier molecular flexibility index (Phi) is 6.44. The van der Waals surface area contributed by atoms with E-state index in [2.05, 4.69) is 43.5 Å². The first-order valence-electron chi connectivity index (χ1n) is 7.92. The highest BCUT2D eigenvalue weighted by Crippen LogP contribution is 2.27. The molecule has 0 radical (unpaired) electrons. The molecule has 0 amide bonds. The largest absolute Gasteiger partial charge is 0.487 e. The molecule has 2 aromatic carbocycles. The summed E-state index contributed by atoms with van der Waals surface area (Å²) >= 11 is 11.7. The molecule has 140 valence electrons. The summed E-state index contributed by atoms with van der Waals surface area (Å²) in [6.07, 6.45) is 4.91. The first-order valence-corrected chi connectivity index (χ1v) is 10.2. The average Bonchev–Trinajstić information content (AvgIpc) is 3.16. The van der Waals surface area contributed by atoms with Crippen LogP contribution in [0, 0.1) is 3.57 Å². The molecule has 3 rings (SSSR count). The van der Waals surface area contributed by atoms with E-state index in [1.54, 1.807) is 48.4 Å². The van der Waals surface area contributed by atoms with Crippen LogP contribution in [0.4, 0.5) is 0 Å². The molecule has 27 heavy (non-hydrogen) atoms. The van der Waals surface area contributed by atoms with E-state index < -0.39 is 11.7 Å². The Morgan fingerprint density at radius 2 is 2.04 bits per heavy atom. The monoisotopic (exact) mass is 560 g/mol. The molecular formula is C19H15BrClIN2O3. The Morgan fingerprint density at radius 1 is 1.30 bits per heavy atom. The molecular weight excluding hydrogens is 546 g/mol. The molecule has 0 aliphatic rings. The molecule has 0 bridgehead atoms. The van der Waals surface area contributed by atoms with Crippen LogP contribution < -0.4 is 4.74 Å². The quantitative estimate of drug-likeness (QED) is 0.294. The Labute approximate surface area is 183 Å². The molecule has 5 nitrogen and oxygen atoms in total. The van der Waals surface area contributed by atoms with E-state index in [0.717, 1.165) is 8.04 Å². The number of ether oxygens (including phenoxy) is 2. The van der Waals surface area contributed by atoms with Gasteiger partial charge in [-0.05, 0) is 72.0 Å². The summed E-state index contributed by atoms with van der Waals surface area (Å²) in [7, 11) is 0. The van der Waals surface area contributed by atoms with Gasteiger partial charge in [0.1, 0.15) is 12.4 Å². The lowest BCUT2D eigenvalue weighted by Gasteiger charge is -2.30. The van der Waals surface area contributed by atoms with Crippen molar-refractivity contribution in [2.75, 3.05) is 6.61 Å². The normalized spacial score (nSPS) is 13.0. The molecule has 1 atom stereocenters. The molecule has 0 aliphatic heterocycles. The van der Waals surface area contributed by atoms with Crippen LogP contribution in [-0.4, -0.2) is 22.1 Å². The van der Waals surface area contributed by atoms with Crippen LogP contribution >= 0.6 is 50.1 Å². The second kappa shape index (κ2) is 8.62. The van der Waals surface area contributed by atoms with Crippen molar-refractivity contribution < 1.29 is 14.3 Å². The third kappa shape index (κ3) is 5.03. The van der Waals surface area contributed by atoms with Crippen LogP contribution in [0.2, 0.25) is 5.02 Å². The van der Waals surface area contributed by atoms with Crippen molar-refractivity contribution in [3.05, 3.63) is 79.8 Å². The maximum absolute atomic E-state index is 12.7. The number of imidazole rings is 1. The molecule has 0 spiro atoms. The SMILES string of the molecule is CC(COc1ccc(I)cc1)(OC(=O)c1ccc(Br)cc1Cl)n1ccnc1. The molecule has 0 fully saturated rings. The highest BCUT2D eigenvalue weighted by atomic mass is 127. The van der Waals surface area contributed by atoms with E-state index in [4.69, 9.17) is 21.1 Å². The van der Waals surface area contributed by atoms with Gasteiger partial charge in [0.15, 0.2) is 0 Å². The lowest BCUT2D eigenvalue weighted by molar-refractivity contribution is -0.0794. The molecule has 8 heteroatoms. The zero-order valence-electron chi connectivity index (χ0n) is 14.2.